The van der Waals surface area contributed by atoms with Gasteiger partial charge in [0.15, 0.2) is 0 Å². The lowest BCUT2D eigenvalue weighted by Crippen LogP contribution is -2.44. The summed E-state index contributed by atoms with van der Waals surface area (Å²) in [7, 11) is 0. The van der Waals surface area contributed by atoms with E-state index in [1.165, 1.54) is 19.3 Å². The van der Waals surface area contributed by atoms with Crippen LogP contribution in [0.5, 0.6) is 0 Å². The van der Waals surface area contributed by atoms with E-state index < -0.39 is 0 Å². The second-order valence-corrected chi connectivity index (χ2v) is 7.70. The van der Waals surface area contributed by atoms with Crippen molar-refractivity contribution in [3.63, 3.8) is 0 Å². The average Bonchev–Trinajstić information content (AvgIpc) is 2.88. The maximum absolute atomic E-state index is 12.7. The fraction of sp³-hybridized carbons (Fsp3) is 0.941. The SMILES string of the molecule is CC(C)CC1NC(C(C)C)N(CC2CCCC2C)C1=O. The minimum atomic E-state index is 0.0408. The van der Waals surface area contributed by atoms with Crippen LogP contribution in [0, 0.1) is 23.7 Å². The largest absolute Gasteiger partial charge is 0.325 e. The molecule has 1 saturated carbocycles. The summed E-state index contributed by atoms with van der Waals surface area (Å²) >= 11 is 0. The third-order valence-electron chi connectivity index (χ3n) is 5.10. The highest BCUT2D eigenvalue weighted by Crippen LogP contribution is 2.33. The number of nitrogens with one attached hydrogen (secondary N) is 1. The van der Waals surface area contributed by atoms with Gasteiger partial charge in [-0.05, 0) is 36.5 Å². The number of nitrogens with zero attached hydrogens (tertiary/aromatic N) is 1. The fourth-order valence-corrected chi connectivity index (χ4v) is 3.85. The highest BCUT2D eigenvalue weighted by atomic mass is 16.2. The Labute approximate surface area is 124 Å². The van der Waals surface area contributed by atoms with Crippen molar-refractivity contribution in [1.82, 2.24) is 10.2 Å². The molecule has 0 spiro atoms. The Kier molecular flexibility index (Phi) is 5.11. The summed E-state index contributed by atoms with van der Waals surface area (Å²) in [6.45, 7) is 12.1. The average molecular weight is 280 g/mol. The molecule has 0 aromatic rings. The zero-order chi connectivity index (χ0) is 14.9. The van der Waals surface area contributed by atoms with Crippen LogP contribution in [0.15, 0.2) is 0 Å². The van der Waals surface area contributed by atoms with E-state index in [0.717, 1.165) is 18.9 Å². The van der Waals surface area contributed by atoms with Crippen LogP contribution in [0.4, 0.5) is 0 Å². The van der Waals surface area contributed by atoms with Crippen molar-refractivity contribution in [3.8, 4) is 0 Å². The third kappa shape index (κ3) is 3.36. The van der Waals surface area contributed by atoms with Crippen LogP contribution in [0.1, 0.15) is 60.3 Å². The first-order chi connectivity index (χ1) is 9.40. The predicted octanol–water partition coefficient (Wildman–Crippen LogP) is 3.25. The van der Waals surface area contributed by atoms with Gasteiger partial charge in [-0.3, -0.25) is 10.1 Å². The van der Waals surface area contributed by atoms with Crippen LogP contribution in [-0.2, 0) is 4.79 Å². The summed E-state index contributed by atoms with van der Waals surface area (Å²) in [5.74, 6) is 2.87. The van der Waals surface area contributed by atoms with Gasteiger partial charge in [-0.2, -0.15) is 0 Å². The Hall–Kier alpha value is -0.570. The number of carbonyl (C=O) groups is 1. The summed E-state index contributed by atoms with van der Waals surface area (Å²) < 4.78 is 0. The molecule has 1 aliphatic heterocycles. The van der Waals surface area contributed by atoms with E-state index in [2.05, 4.69) is 44.8 Å². The summed E-state index contributed by atoms with van der Waals surface area (Å²) in [6.07, 6.45) is 5.16. The highest BCUT2D eigenvalue weighted by molar-refractivity contribution is 5.84. The van der Waals surface area contributed by atoms with E-state index in [-0.39, 0.29) is 12.2 Å². The predicted molar refractivity (Wildman–Crippen MR) is 83.2 cm³/mol. The molecule has 1 amide bonds. The molecule has 4 unspecified atom stereocenters. The molecule has 1 aliphatic carbocycles. The molecular weight excluding hydrogens is 248 g/mol. The van der Waals surface area contributed by atoms with Gasteiger partial charge >= 0.3 is 0 Å². The Morgan fingerprint density at radius 1 is 1.25 bits per heavy atom. The molecule has 4 atom stereocenters. The molecule has 20 heavy (non-hydrogen) atoms. The molecule has 0 aromatic heterocycles. The molecule has 1 heterocycles. The summed E-state index contributed by atoms with van der Waals surface area (Å²) in [5.41, 5.74) is 0. The van der Waals surface area contributed by atoms with Gasteiger partial charge in [0.05, 0.1) is 12.2 Å². The molecule has 3 heteroatoms. The Balaban J connectivity index is 2.05. The van der Waals surface area contributed by atoms with E-state index in [0.29, 0.717) is 23.7 Å². The highest BCUT2D eigenvalue weighted by Gasteiger charge is 2.41. The van der Waals surface area contributed by atoms with E-state index in [4.69, 9.17) is 0 Å². The molecule has 116 valence electrons. The van der Waals surface area contributed by atoms with Gasteiger partial charge in [-0.15, -0.1) is 0 Å². The van der Waals surface area contributed by atoms with Crippen LogP contribution in [-0.4, -0.2) is 29.6 Å². The number of amides is 1. The molecule has 2 aliphatic rings. The molecule has 0 aromatic carbocycles. The maximum atomic E-state index is 12.7. The normalized spacial score (nSPS) is 34.8. The lowest BCUT2D eigenvalue weighted by Gasteiger charge is -2.31. The molecule has 0 bridgehead atoms. The summed E-state index contributed by atoms with van der Waals surface area (Å²) in [4.78, 5) is 14.9. The first kappa shape index (κ1) is 15.8. The summed E-state index contributed by atoms with van der Waals surface area (Å²) in [6, 6.07) is 0.0408. The molecule has 1 saturated heterocycles. The minimum Gasteiger partial charge on any atom is -0.325 e. The van der Waals surface area contributed by atoms with Gasteiger partial charge in [-0.25, -0.2) is 0 Å². The molecule has 1 N–H and O–H groups in total. The zero-order valence-corrected chi connectivity index (χ0v) is 13.9. The zero-order valence-electron chi connectivity index (χ0n) is 13.9. The summed E-state index contributed by atoms with van der Waals surface area (Å²) in [5, 5.41) is 3.59. The Morgan fingerprint density at radius 2 is 1.95 bits per heavy atom. The first-order valence-electron chi connectivity index (χ1n) is 8.46. The van der Waals surface area contributed by atoms with Gasteiger partial charge < -0.3 is 4.90 Å². The van der Waals surface area contributed by atoms with Crippen LogP contribution in [0.3, 0.4) is 0 Å². The van der Waals surface area contributed by atoms with E-state index in [9.17, 15) is 4.79 Å². The third-order valence-corrected chi connectivity index (χ3v) is 5.10. The van der Waals surface area contributed by atoms with Crippen molar-refractivity contribution >= 4 is 5.91 Å². The lowest BCUT2D eigenvalue weighted by molar-refractivity contribution is -0.131. The minimum absolute atomic E-state index is 0.0408. The van der Waals surface area contributed by atoms with Crippen molar-refractivity contribution in [1.29, 1.82) is 0 Å². The van der Waals surface area contributed by atoms with Gasteiger partial charge in [0.25, 0.3) is 0 Å². The number of hydrogen-bond donors (Lipinski definition) is 1. The Morgan fingerprint density at radius 3 is 2.45 bits per heavy atom. The topological polar surface area (TPSA) is 32.3 Å². The lowest BCUT2D eigenvalue weighted by atomic mass is 9.96. The van der Waals surface area contributed by atoms with Crippen LogP contribution >= 0.6 is 0 Å². The first-order valence-corrected chi connectivity index (χ1v) is 8.46. The molecule has 2 rings (SSSR count). The molecular formula is C17H32N2O. The van der Waals surface area contributed by atoms with Crippen molar-refractivity contribution in [2.24, 2.45) is 23.7 Å². The number of hydrogen-bond acceptors (Lipinski definition) is 2. The standard InChI is InChI=1S/C17H32N2O/c1-11(2)9-15-17(20)19(16(18-15)12(3)4)10-14-8-6-7-13(14)5/h11-16,18H,6-10H2,1-5H3. The van der Waals surface area contributed by atoms with Gasteiger partial charge in [0.2, 0.25) is 5.91 Å². The van der Waals surface area contributed by atoms with E-state index in [1.807, 2.05) is 0 Å². The van der Waals surface area contributed by atoms with Gasteiger partial charge in [0.1, 0.15) is 0 Å². The fourth-order valence-electron chi connectivity index (χ4n) is 3.85. The second kappa shape index (κ2) is 6.46. The van der Waals surface area contributed by atoms with Gasteiger partial charge in [0, 0.05) is 6.54 Å². The van der Waals surface area contributed by atoms with Crippen LogP contribution in [0.25, 0.3) is 0 Å². The molecule has 0 radical (unpaired) electrons. The van der Waals surface area contributed by atoms with Crippen LogP contribution < -0.4 is 5.32 Å². The second-order valence-electron chi connectivity index (χ2n) is 7.70. The maximum Gasteiger partial charge on any atom is 0.241 e. The number of rotatable bonds is 5. The van der Waals surface area contributed by atoms with Gasteiger partial charge in [-0.1, -0.05) is 47.5 Å². The number of carbonyl (C=O) groups excluding carboxylic acids is 1. The van der Waals surface area contributed by atoms with Crippen molar-refractivity contribution < 1.29 is 4.79 Å². The van der Waals surface area contributed by atoms with E-state index >= 15 is 0 Å². The quantitative estimate of drug-likeness (QED) is 0.838. The van der Waals surface area contributed by atoms with Crippen molar-refractivity contribution in [3.05, 3.63) is 0 Å². The van der Waals surface area contributed by atoms with Crippen LogP contribution in [0.2, 0.25) is 0 Å². The van der Waals surface area contributed by atoms with E-state index in [1.54, 1.807) is 0 Å². The van der Waals surface area contributed by atoms with Crippen molar-refractivity contribution in [2.45, 2.75) is 72.5 Å². The molecule has 3 nitrogen and oxygen atoms in total. The smallest absolute Gasteiger partial charge is 0.241 e. The monoisotopic (exact) mass is 280 g/mol. The van der Waals surface area contributed by atoms with Crippen molar-refractivity contribution in [2.75, 3.05) is 6.54 Å². The molecule has 2 fully saturated rings. The Bertz CT molecular complexity index is 340.